The Balaban J connectivity index is 1.87. The number of amides is 1. The van der Waals surface area contributed by atoms with Crippen LogP contribution >= 0.6 is 11.6 Å². The molecule has 152 valence electrons. The van der Waals surface area contributed by atoms with Crippen molar-refractivity contribution in [2.45, 2.75) is 32.5 Å². The number of benzene rings is 1. The molecule has 2 heterocycles. The topological polar surface area (TPSA) is 59.8 Å². The summed E-state index contributed by atoms with van der Waals surface area (Å²) in [6, 6.07) is 9.32. The number of pyridine rings is 1. The Bertz CT molecular complexity index is 1010. The van der Waals surface area contributed by atoms with Crippen LogP contribution in [0.15, 0.2) is 48.8 Å². The van der Waals surface area contributed by atoms with Gasteiger partial charge in [-0.25, -0.2) is 9.67 Å². The number of nitrogens with zero attached hydrogens (tertiary/aromatic N) is 3. The van der Waals surface area contributed by atoms with Gasteiger partial charge < -0.3 is 5.32 Å². The third-order valence-corrected chi connectivity index (χ3v) is 4.66. The standard InChI is InChI=1S/C20H18ClF3N4O/c1-12(2)18-15(19(29)26-9-13-5-3-4-6-16(13)21)11-27-28(18)17-8-7-14(10-25-17)20(22,23)24/h3-8,10-12H,9H2,1-2H3,(H,26,29). The van der Waals surface area contributed by atoms with E-state index in [0.29, 0.717) is 16.3 Å². The van der Waals surface area contributed by atoms with Gasteiger partial charge in [-0.2, -0.15) is 18.3 Å². The smallest absolute Gasteiger partial charge is 0.348 e. The van der Waals surface area contributed by atoms with Gasteiger partial charge in [0.2, 0.25) is 0 Å². The van der Waals surface area contributed by atoms with Crippen molar-refractivity contribution < 1.29 is 18.0 Å². The normalized spacial score (nSPS) is 11.7. The van der Waals surface area contributed by atoms with Gasteiger partial charge in [0, 0.05) is 17.8 Å². The molecule has 0 aliphatic rings. The van der Waals surface area contributed by atoms with Crippen molar-refractivity contribution in [2.24, 2.45) is 0 Å². The van der Waals surface area contributed by atoms with Gasteiger partial charge in [-0.1, -0.05) is 43.6 Å². The van der Waals surface area contributed by atoms with Crippen LogP contribution in [0.1, 0.15) is 46.9 Å². The summed E-state index contributed by atoms with van der Waals surface area (Å²) >= 11 is 6.11. The molecule has 0 aliphatic heterocycles. The number of carbonyl (C=O) groups excluding carboxylic acids is 1. The number of rotatable bonds is 5. The zero-order valence-corrected chi connectivity index (χ0v) is 16.4. The molecule has 29 heavy (non-hydrogen) atoms. The molecular weight excluding hydrogens is 405 g/mol. The van der Waals surface area contributed by atoms with E-state index in [1.54, 1.807) is 12.1 Å². The third kappa shape index (κ3) is 4.59. The molecule has 3 rings (SSSR count). The number of aromatic nitrogens is 3. The molecule has 9 heteroatoms. The SMILES string of the molecule is CC(C)c1c(C(=O)NCc2ccccc2Cl)cnn1-c1ccc(C(F)(F)F)cn1. The number of alkyl halides is 3. The van der Waals surface area contributed by atoms with Crippen molar-refractivity contribution in [3.8, 4) is 5.82 Å². The van der Waals surface area contributed by atoms with Gasteiger partial charge >= 0.3 is 6.18 Å². The zero-order chi connectivity index (χ0) is 21.2. The van der Waals surface area contributed by atoms with Crippen molar-refractivity contribution in [2.75, 3.05) is 0 Å². The predicted molar refractivity (Wildman–Crippen MR) is 103 cm³/mol. The highest BCUT2D eigenvalue weighted by Crippen LogP contribution is 2.29. The van der Waals surface area contributed by atoms with E-state index in [9.17, 15) is 18.0 Å². The lowest BCUT2D eigenvalue weighted by molar-refractivity contribution is -0.137. The highest BCUT2D eigenvalue weighted by molar-refractivity contribution is 6.31. The second kappa shape index (κ2) is 8.24. The Morgan fingerprint density at radius 3 is 2.48 bits per heavy atom. The van der Waals surface area contributed by atoms with E-state index < -0.39 is 11.7 Å². The zero-order valence-electron chi connectivity index (χ0n) is 15.7. The van der Waals surface area contributed by atoms with Crippen molar-refractivity contribution in [1.82, 2.24) is 20.1 Å². The monoisotopic (exact) mass is 422 g/mol. The largest absolute Gasteiger partial charge is 0.417 e. The van der Waals surface area contributed by atoms with Gasteiger partial charge in [-0.15, -0.1) is 0 Å². The van der Waals surface area contributed by atoms with E-state index in [0.717, 1.165) is 17.8 Å². The van der Waals surface area contributed by atoms with Crippen LogP contribution in [0.3, 0.4) is 0 Å². The fourth-order valence-electron chi connectivity index (χ4n) is 2.86. The van der Waals surface area contributed by atoms with E-state index in [1.807, 2.05) is 26.0 Å². The molecule has 0 bridgehead atoms. The van der Waals surface area contributed by atoms with E-state index >= 15 is 0 Å². The van der Waals surface area contributed by atoms with Crippen molar-refractivity contribution in [1.29, 1.82) is 0 Å². The first-order valence-electron chi connectivity index (χ1n) is 8.81. The van der Waals surface area contributed by atoms with Gasteiger partial charge in [0.1, 0.15) is 0 Å². The Morgan fingerprint density at radius 2 is 1.90 bits per heavy atom. The number of halogens is 4. The summed E-state index contributed by atoms with van der Waals surface area (Å²) in [5.74, 6) is -0.277. The van der Waals surface area contributed by atoms with Crippen LogP contribution in [-0.2, 0) is 12.7 Å². The van der Waals surface area contributed by atoms with Crippen LogP contribution in [-0.4, -0.2) is 20.7 Å². The molecule has 0 spiro atoms. The molecule has 0 fully saturated rings. The van der Waals surface area contributed by atoms with E-state index in [-0.39, 0.29) is 24.2 Å². The molecule has 0 saturated carbocycles. The molecule has 1 amide bonds. The first-order chi connectivity index (χ1) is 13.7. The van der Waals surface area contributed by atoms with Crippen LogP contribution in [0.2, 0.25) is 5.02 Å². The summed E-state index contributed by atoms with van der Waals surface area (Å²) in [4.78, 5) is 16.6. The molecule has 1 aromatic carbocycles. The van der Waals surface area contributed by atoms with Crippen molar-refractivity contribution in [3.05, 3.63) is 76.2 Å². The second-order valence-corrected chi connectivity index (χ2v) is 7.09. The van der Waals surface area contributed by atoms with Crippen LogP contribution in [0, 0.1) is 0 Å². The Labute approximate surface area is 170 Å². The third-order valence-electron chi connectivity index (χ3n) is 4.29. The minimum atomic E-state index is -4.47. The van der Waals surface area contributed by atoms with E-state index in [2.05, 4.69) is 15.4 Å². The first-order valence-corrected chi connectivity index (χ1v) is 9.19. The van der Waals surface area contributed by atoms with Crippen LogP contribution in [0.25, 0.3) is 5.82 Å². The summed E-state index contributed by atoms with van der Waals surface area (Å²) in [7, 11) is 0. The molecular formula is C20H18ClF3N4O. The average molecular weight is 423 g/mol. The number of carbonyl (C=O) groups is 1. The predicted octanol–water partition coefficient (Wildman–Crippen LogP) is 4.99. The Morgan fingerprint density at radius 1 is 1.17 bits per heavy atom. The quantitative estimate of drug-likeness (QED) is 0.630. The van der Waals surface area contributed by atoms with Crippen LogP contribution in [0.4, 0.5) is 13.2 Å². The number of hydrogen-bond donors (Lipinski definition) is 1. The molecule has 2 aromatic heterocycles. The summed E-state index contributed by atoms with van der Waals surface area (Å²) in [5, 5.41) is 7.52. The van der Waals surface area contributed by atoms with Crippen molar-refractivity contribution in [3.63, 3.8) is 0 Å². The van der Waals surface area contributed by atoms with E-state index in [4.69, 9.17) is 11.6 Å². The highest BCUT2D eigenvalue weighted by Gasteiger charge is 2.31. The van der Waals surface area contributed by atoms with Gasteiger partial charge in [0.05, 0.1) is 23.0 Å². The van der Waals surface area contributed by atoms with Crippen LogP contribution < -0.4 is 5.32 Å². The molecule has 0 saturated heterocycles. The van der Waals surface area contributed by atoms with Crippen molar-refractivity contribution >= 4 is 17.5 Å². The lowest BCUT2D eigenvalue weighted by atomic mass is 10.1. The fourth-order valence-corrected chi connectivity index (χ4v) is 3.07. The average Bonchev–Trinajstić information content (AvgIpc) is 3.12. The lowest BCUT2D eigenvalue weighted by Gasteiger charge is -2.13. The van der Waals surface area contributed by atoms with Gasteiger partial charge in [0.15, 0.2) is 5.82 Å². The first kappa shape index (κ1) is 20.9. The summed E-state index contributed by atoms with van der Waals surface area (Å²) < 4.78 is 39.7. The fraction of sp³-hybridized carbons (Fsp3) is 0.250. The molecule has 0 radical (unpaired) electrons. The maximum atomic E-state index is 12.8. The minimum Gasteiger partial charge on any atom is -0.348 e. The second-order valence-electron chi connectivity index (χ2n) is 6.69. The summed E-state index contributed by atoms with van der Waals surface area (Å²) in [6.45, 7) is 3.96. The molecule has 5 nitrogen and oxygen atoms in total. The van der Waals surface area contributed by atoms with Crippen LogP contribution in [0.5, 0.6) is 0 Å². The lowest BCUT2D eigenvalue weighted by Crippen LogP contribution is -2.24. The summed E-state index contributed by atoms with van der Waals surface area (Å²) in [5.41, 5.74) is 0.797. The van der Waals surface area contributed by atoms with Gasteiger partial charge in [-0.05, 0) is 29.7 Å². The van der Waals surface area contributed by atoms with Gasteiger partial charge in [0.25, 0.3) is 5.91 Å². The molecule has 3 aromatic rings. The summed E-state index contributed by atoms with van der Waals surface area (Å²) in [6.07, 6.45) is -2.34. The molecule has 0 unspecified atom stereocenters. The maximum absolute atomic E-state index is 12.8. The Kier molecular flexibility index (Phi) is 5.93. The molecule has 0 atom stereocenters. The highest BCUT2D eigenvalue weighted by atomic mass is 35.5. The number of hydrogen-bond acceptors (Lipinski definition) is 3. The Hall–Kier alpha value is -2.87. The molecule has 1 N–H and O–H groups in total. The minimum absolute atomic E-state index is 0.123. The van der Waals surface area contributed by atoms with Gasteiger partial charge in [-0.3, -0.25) is 4.79 Å². The molecule has 0 aliphatic carbocycles. The maximum Gasteiger partial charge on any atom is 0.417 e. The number of nitrogens with one attached hydrogen (secondary N) is 1. The van der Waals surface area contributed by atoms with E-state index in [1.165, 1.54) is 16.9 Å².